The third-order valence-electron chi connectivity index (χ3n) is 5.75. The maximum atomic E-state index is 12.7. The number of hydrogen-bond acceptors (Lipinski definition) is 4. The summed E-state index contributed by atoms with van der Waals surface area (Å²) in [5, 5.41) is 10.0. The Morgan fingerprint density at radius 3 is 2.26 bits per heavy atom. The number of carbonyl (C=O) groups is 2. The number of piperazine rings is 1. The molecule has 130 valence electrons. The third-order valence-corrected chi connectivity index (χ3v) is 5.75. The summed E-state index contributed by atoms with van der Waals surface area (Å²) in [5.74, 6) is 0.251. The van der Waals surface area contributed by atoms with Crippen molar-refractivity contribution in [2.45, 2.75) is 51.2 Å². The number of aliphatic hydroxyl groups excluding tert-OH is 1. The van der Waals surface area contributed by atoms with E-state index < -0.39 is 0 Å². The number of rotatable bonds is 2. The van der Waals surface area contributed by atoms with Crippen LogP contribution in [0.2, 0.25) is 0 Å². The predicted octanol–water partition coefficient (Wildman–Crippen LogP) is 0.303. The van der Waals surface area contributed by atoms with E-state index >= 15 is 0 Å². The van der Waals surface area contributed by atoms with Gasteiger partial charge in [0.15, 0.2) is 0 Å². The van der Waals surface area contributed by atoms with E-state index in [9.17, 15) is 14.7 Å². The van der Waals surface area contributed by atoms with Crippen LogP contribution in [0.4, 0.5) is 0 Å². The summed E-state index contributed by atoms with van der Waals surface area (Å²) < 4.78 is 0. The fraction of sp³-hybridized carbons (Fsp3) is 0.882. The summed E-state index contributed by atoms with van der Waals surface area (Å²) in [5.41, 5.74) is 0. The van der Waals surface area contributed by atoms with Crippen LogP contribution in [0.15, 0.2) is 0 Å². The van der Waals surface area contributed by atoms with Crippen LogP contribution in [0.3, 0.4) is 0 Å². The van der Waals surface area contributed by atoms with Gasteiger partial charge in [0.05, 0.1) is 12.0 Å². The molecule has 3 fully saturated rings. The minimum absolute atomic E-state index is 0.0312. The zero-order valence-electron chi connectivity index (χ0n) is 14.1. The van der Waals surface area contributed by atoms with Crippen LogP contribution in [0.1, 0.15) is 39.0 Å². The molecule has 3 rings (SSSR count). The molecule has 0 spiro atoms. The van der Waals surface area contributed by atoms with Crippen LogP contribution in [0.25, 0.3) is 0 Å². The van der Waals surface area contributed by atoms with E-state index in [1.165, 1.54) is 0 Å². The molecule has 3 aliphatic rings. The summed E-state index contributed by atoms with van der Waals surface area (Å²) in [4.78, 5) is 30.4. The van der Waals surface area contributed by atoms with Gasteiger partial charge in [0.25, 0.3) is 0 Å². The fourth-order valence-corrected chi connectivity index (χ4v) is 4.34. The van der Waals surface area contributed by atoms with Crippen molar-refractivity contribution >= 4 is 11.8 Å². The van der Waals surface area contributed by atoms with Crippen molar-refractivity contribution in [2.24, 2.45) is 5.92 Å². The minimum Gasteiger partial charge on any atom is -0.391 e. The first-order valence-corrected chi connectivity index (χ1v) is 9.02. The van der Waals surface area contributed by atoms with Gasteiger partial charge >= 0.3 is 0 Å². The van der Waals surface area contributed by atoms with Gasteiger partial charge in [-0.3, -0.25) is 14.5 Å². The molecule has 0 aromatic carbocycles. The number of piperidine rings is 1. The molecule has 0 radical (unpaired) electrons. The van der Waals surface area contributed by atoms with E-state index in [1.54, 1.807) is 11.8 Å². The molecule has 2 amide bonds. The molecule has 23 heavy (non-hydrogen) atoms. The first kappa shape index (κ1) is 16.7. The van der Waals surface area contributed by atoms with Gasteiger partial charge in [-0.05, 0) is 32.1 Å². The van der Waals surface area contributed by atoms with Crippen LogP contribution in [0.5, 0.6) is 0 Å². The predicted molar refractivity (Wildman–Crippen MR) is 86.8 cm³/mol. The first-order valence-electron chi connectivity index (χ1n) is 9.02. The number of hydrogen-bond donors (Lipinski definition) is 1. The first-order chi connectivity index (χ1) is 11.1. The summed E-state index contributed by atoms with van der Waals surface area (Å²) in [6.07, 6.45) is 4.71. The van der Waals surface area contributed by atoms with Gasteiger partial charge in [-0.15, -0.1) is 0 Å². The van der Waals surface area contributed by atoms with E-state index in [0.29, 0.717) is 6.54 Å². The van der Waals surface area contributed by atoms with E-state index in [0.717, 1.165) is 64.8 Å². The van der Waals surface area contributed by atoms with Crippen LogP contribution in [-0.2, 0) is 9.59 Å². The molecule has 1 aliphatic carbocycles. The van der Waals surface area contributed by atoms with Gasteiger partial charge in [0.1, 0.15) is 0 Å². The van der Waals surface area contributed by atoms with Crippen molar-refractivity contribution < 1.29 is 14.7 Å². The van der Waals surface area contributed by atoms with E-state index in [4.69, 9.17) is 0 Å². The number of carbonyl (C=O) groups excluding carboxylic acids is 2. The molecule has 6 nitrogen and oxygen atoms in total. The lowest BCUT2D eigenvalue weighted by molar-refractivity contribution is -0.142. The quantitative estimate of drug-likeness (QED) is 0.794. The average molecular weight is 323 g/mol. The van der Waals surface area contributed by atoms with Gasteiger partial charge in [0, 0.05) is 52.2 Å². The Morgan fingerprint density at radius 1 is 0.913 bits per heavy atom. The Labute approximate surface area is 138 Å². The molecule has 3 atom stereocenters. The smallest absolute Gasteiger partial charge is 0.227 e. The second kappa shape index (κ2) is 7.18. The molecular weight excluding hydrogens is 294 g/mol. The Balaban J connectivity index is 1.51. The summed E-state index contributed by atoms with van der Waals surface area (Å²) in [6, 6.07) is 0.287. The second-order valence-electron chi connectivity index (χ2n) is 7.23. The molecule has 6 heteroatoms. The lowest BCUT2D eigenvalue weighted by atomic mass is 9.96. The van der Waals surface area contributed by atoms with Gasteiger partial charge in [-0.1, -0.05) is 0 Å². The Kier molecular flexibility index (Phi) is 5.21. The minimum atomic E-state index is -0.195. The van der Waals surface area contributed by atoms with Crippen LogP contribution < -0.4 is 0 Å². The van der Waals surface area contributed by atoms with Crippen molar-refractivity contribution in [3.05, 3.63) is 0 Å². The fourth-order valence-electron chi connectivity index (χ4n) is 4.34. The number of amides is 2. The summed E-state index contributed by atoms with van der Waals surface area (Å²) in [7, 11) is 0. The maximum Gasteiger partial charge on any atom is 0.227 e. The molecule has 2 aliphatic heterocycles. The summed E-state index contributed by atoms with van der Waals surface area (Å²) in [6.45, 7) is 6.16. The Morgan fingerprint density at radius 2 is 1.65 bits per heavy atom. The zero-order valence-corrected chi connectivity index (χ0v) is 14.1. The van der Waals surface area contributed by atoms with Crippen LogP contribution >= 0.6 is 0 Å². The third kappa shape index (κ3) is 3.69. The molecule has 0 unspecified atom stereocenters. The SMILES string of the molecule is CC(=O)N1CCC[C@H](C(=O)N2CCN([C@H]3CCC[C@@H]3O)CC2)C1. The highest BCUT2D eigenvalue weighted by Crippen LogP contribution is 2.26. The highest BCUT2D eigenvalue weighted by molar-refractivity contribution is 5.81. The number of aliphatic hydroxyl groups is 1. The zero-order chi connectivity index (χ0) is 16.4. The van der Waals surface area contributed by atoms with Crippen molar-refractivity contribution in [1.82, 2.24) is 14.7 Å². The molecule has 0 aromatic rings. The molecule has 2 saturated heterocycles. The maximum absolute atomic E-state index is 12.7. The highest BCUT2D eigenvalue weighted by Gasteiger charge is 2.35. The average Bonchev–Trinajstić information content (AvgIpc) is 3.00. The normalized spacial score (nSPS) is 33.0. The van der Waals surface area contributed by atoms with Gasteiger partial charge < -0.3 is 14.9 Å². The topological polar surface area (TPSA) is 64.1 Å². The lowest BCUT2D eigenvalue weighted by Crippen LogP contribution is -2.55. The monoisotopic (exact) mass is 323 g/mol. The van der Waals surface area contributed by atoms with Crippen molar-refractivity contribution in [1.29, 1.82) is 0 Å². The summed E-state index contributed by atoms with van der Waals surface area (Å²) >= 11 is 0. The van der Waals surface area contributed by atoms with Gasteiger partial charge in [0.2, 0.25) is 11.8 Å². The molecule has 0 aromatic heterocycles. The standard InChI is InChI=1S/C17H29N3O3/c1-13(21)20-7-3-4-14(12-20)17(23)19-10-8-18(9-11-19)15-5-2-6-16(15)22/h14-16,22H,2-12H2,1H3/t14-,15-,16-/m0/s1. The van der Waals surface area contributed by atoms with E-state index in [-0.39, 0.29) is 29.9 Å². The van der Waals surface area contributed by atoms with E-state index in [2.05, 4.69) is 4.90 Å². The van der Waals surface area contributed by atoms with Gasteiger partial charge in [-0.2, -0.15) is 0 Å². The van der Waals surface area contributed by atoms with Crippen molar-refractivity contribution in [3.8, 4) is 0 Å². The largest absolute Gasteiger partial charge is 0.391 e. The van der Waals surface area contributed by atoms with Crippen molar-refractivity contribution in [2.75, 3.05) is 39.3 Å². The Hall–Kier alpha value is -1.14. The molecule has 2 heterocycles. The molecule has 1 saturated carbocycles. The number of nitrogens with zero attached hydrogens (tertiary/aromatic N) is 3. The lowest BCUT2D eigenvalue weighted by Gasteiger charge is -2.41. The van der Waals surface area contributed by atoms with Crippen LogP contribution in [0, 0.1) is 5.92 Å². The Bertz CT molecular complexity index is 448. The molecule has 0 bridgehead atoms. The molecule has 1 N–H and O–H groups in total. The highest BCUT2D eigenvalue weighted by atomic mass is 16.3. The van der Waals surface area contributed by atoms with Crippen LogP contribution in [-0.4, -0.2) is 83.0 Å². The van der Waals surface area contributed by atoms with E-state index in [1.807, 2.05) is 4.90 Å². The van der Waals surface area contributed by atoms with Crippen molar-refractivity contribution in [3.63, 3.8) is 0 Å². The second-order valence-corrected chi connectivity index (χ2v) is 7.23. The molecular formula is C17H29N3O3. The number of likely N-dealkylation sites (tertiary alicyclic amines) is 1. The van der Waals surface area contributed by atoms with Gasteiger partial charge in [-0.25, -0.2) is 0 Å².